The molecule has 1 nitrogen and oxygen atoms in total. The number of hydrogen-bond donors (Lipinski definition) is 0. The first-order chi connectivity index (χ1) is 6.59. The molecule has 0 bridgehead atoms. The predicted octanol–water partition coefficient (Wildman–Crippen LogP) is 3.54. The Balaban J connectivity index is 2.43. The predicted molar refractivity (Wildman–Crippen MR) is 63.5 cm³/mol. The maximum atomic E-state index is 2.71. The van der Waals surface area contributed by atoms with Gasteiger partial charge in [-0.25, -0.2) is 0 Å². The largest absolute Gasteiger partial charge is 0.297 e. The summed E-state index contributed by atoms with van der Waals surface area (Å²) in [4.78, 5) is 2.71. The second kappa shape index (κ2) is 5.16. The van der Waals surface area contributed by atoms with E-state index in [1.807, 2.05) is 0 Å². The third-order valence-electron chi connectivity index (χ3n) is 4.42. The van der Waals surface area contributed by atoms with E-state index in [1.165, 1.54) is 25.8 Å². The first-order valence-corrected chi connectivity index (χ1v) is 6.35. The zero-order chi connectivity index (χ0) is 10.7. The zero-order valence-electron chi connectivity index (χ0n) is 10.6. The topological polar surface area (TPSA) is 3.24 Å². The second-order valence-electron chi connectivity index (χ2n) is 5.14. The summed E-state index contributed by atoms with van der Waals surface area (Å²) in [7, 11) is 0. The Morgan fingerprint density at radius 3 is 1.79 bits per heavy atom. The van der Waals surface area contributed by atoms with E-state index >= 15 is 0 Å². The molecule has 1 aliphatic rings. The molecule has 4 unspecified atom stereocenters. The highest BCUT2D eigenvalue weighted by molar-refractivity contribution is 4.91. The molecule has 84 valence electrons. The molecule has 0 saturated carbocycles. The van der Waals surface area contributed by atoms with E-state index in [0.29, 0.717) is 0 Å². The van der Waals surface area contributed by atoms with Crippen LogP contribution in [0.25, 0.3) is 0 Å². The van der Waals surface area contributed by atoms with Crippen LogP contribution >= 0.6 is 0 Å². The molecule has 0 amide bonds. The number of rotatable bonds is 4. The molecule has 0 spiro atoms. The lowest BCUT2D eigenvalue weighted by Crippen LogP contribution is -2.35. The van der Waals surface area contributed by atoms with Crippen LogP contribution in [0, 0.1) is 11.8 Å². The van der Waals surface area contributed by atoms with E-state index in [0.717, 1.165) is 23.9 Å². The molecule has 1 saturated heterocycles. The van der Waals surface area contributed by atoms with E-state index in [-0.39, 0.29) is 0 Å². The van der Waals surface area contributed by atoms with Crippen LogP contribution in [-0.2, 0) is 0 Å². The van der Waals surface area contributed by atoms with Crippen molar-refractivity contribution in [1.29, 1.82) is 0 Å². The Morgan fingerprint density at radius 1 is 0.857 bits per heavy atom. The average molecular weight is 197 g/mol. The van der Waals surface area contributed by atoms with Gasteiger partial charge < -0.3 is 0 Å². The van der Waals surface area contributed by atoms with Crippen LogP contribution in [0.15, 0.2) is 0 Å². The van der Waals surface area contributed by atoms with Gasteiger partial charge in [0.05, 0.1) is 0 Å². The Morgan fingerprint density at radius 2 is 1.36 bits per heavy atom. The zero-order valence-corrected chi connectivity index (χ0v) is 10.6. The Kier molecular flexibility index (Phi) is 4.43. The van der Waals surface area contributed by atoms with Crippen LogP contribution in [-0.4, -0.2) is 23.5 Å². The van der Waals surface area contributed by atoms with Gasteiger partial charge in [0.2, 0.25) is 0 Å². The number of hydrogen-bond acceptors (Lipinski definition) is 1. The third kappa shape index (κ3) is 2.31. The second-order valence-corrected chi connectivity index (χ2v) is 5.14. The lowest BCUT2D eigenvalue weighted by molar-refractivity contribution is 0.194. The third-order valence-corrected chi connectivity index (χ3v) is 4.42. The minimum atomic E-state index is 0.789. The molecule has 0 aromatic heterocycles. The molecule has 0 aromatic carbocycles. The van der Waals surface area contributed by atoms with Crippen molar-refractivity contribution in [2.45, 2.75) is 66.0 Å². The molecule has 1 fully saturated rings. The highest BCUT2D eigenvalue weighted by atomic mass is 15.2. The first-order valence-electron chi connectivity index (χ1n) is 6.35. The Bertz CT molecular complexity index is 153. The minimum Gasteiger partial charge on any atom is -0.297 e. The summed E-state index contributed by atoms with van der Waals surface area (Å²) in [5, 5.41) is 0. The van der Waals surface area contributed by atoms with E-state index in [1.54, 1.807) is 0 Å². The van der Waals surface area contributed by atoms with Gasteiger partial charge >= 0.3 is 0 Å². The average Bonchev–Trinajstić information content (AvgIpc) is 2.35. The van der Waals surface area contributed by atoms with E-state index in [4.69, 9.17) is 0 Å². The van der Waals surface area contributed by atoms with E-state index < -0.39 is 0 Å². The van der Waals surface area contributed by atoms with Gasteiger partial charge in [0.25, 0.3) is 0 Å². The molecule has 0 aliphatic carbocycles. The summed E-state index contributed by atoms with van der Waals surface area (Å²) in [6, 6.07) is 1.58. The fraction of sp³-hybridized carbons (Fsp3) is 1.00. The summed E-state index contributed by atoms with van der Waals surface area (Å²) in [6.07, 6.45) is 4.10. The van der Waals surface area contributed by atoms with Crippen LogP contribution < -0.4 is 0 Å². The van der Waals surface area contributed by atoms with Gasteiger partial charge in [0.1, 0.15) is 0 Å². The quantitative estimate of drug-likeness (QED) is 0.623. The summed E-state index contributed by atoms with van der Waals surface area (Å²) >= 11 is 0. The Labute approximate surface area is 89.9 Å². The van der Waals surface area contributed by atoms with Crippen molar-refractivity contribution in [3.63, 3.8) is 0 Å². The van der Waals surface area contributed by atoms with E-state index in [2.05, 4.69) is 39.5 Å². The molecule has 4 atom stereocenters. The van der Waals surface area contributed by atoms with Crippen LogP contribution in [0.5, 0.6) is 0 Å². The van der Waals surface area contributed by atoms with E-state index in [9.17, 15) is 0 Å². The van der Waals surface area contributed by atoms with Crippen LogP contribution in [0.4, 0.5) is 0 Å². The maximum Gasteiger partial charge on any atom is 0.00986 e. The van der Waals surface area contributed by atoms with Gasteiger partial charge in [-0.2, -0.15) is 0 Å². The molecule has 14 heavy (non-hydrogen) atoms. The van der Waals surface area contributed by atoms with Gasteiger partial charge in [-0.3, -0.25) is 4.90 Å². The highest BCUT2D eigenvalue weighted by Crippen LogP contribution is 2.34. The van der Waals surface area contributed by atoms with Gasteiger partial charge in [0, 0.05) is 12.1 Å². The first kappa shape index (κ1) is 12.0. The number of unbranched alkanes of at least 4 members (excludes halogenated alkanes) is 2. The molecule has 1 rings (SSSR count). The SMILES string of the molecule is CCCCCN1C(C)C(C)C(C)C1C. The fourth-order valence-electron chi connectivity index (χ4n) is 2.81. The van der Waals surface area contributed by atoms with Crippen molar-refractivity contribution in [2.75, 3.05) is 6.54 Å². The summed E-state index contributed by atoms with van der Waals surface area (Å²) in [6.45, 7) is 13.2. The summed E-state index contributed by atoms with van der Waals surface area (Å²) < 4.78 is 0. The van der Waals surface area contributed by atoms with Crippen molar-refractivity contribution in [2.24, 2.45) is 11.8 Å². The van der Waals surface area contributed by atoms with Crippen molar-refractivity contribution in [3.8, 4) is 0 Å². The minimum absolute atomic E-state index is 0.789. The Hall–Kier alpha value is -0.0400. The lowest BCUT2D eigenvalue weighted by Gasteiger charge is -2.27. The van der Waals surface area contributed by atoms with Crippen molar-refractivity contribution < 1.29 is 0 Å². The lowest BCUT2D eigenvalue weighted by atomic mass is 9.92. The molecule has 1 aliphatic heterocycles. The molecule has 1 heteroatoms. The summed E-state index contributed by atoms with van der Waals surface area (Å²) in [5.74, 6) is 1.73. The molecular weight excluding hydrogens is 170 g/mol. The molecular formula is C13H27N. The van der Waals surface area contributed by atoms with Crippen molar-refractivity contribution in [3.05, 3.63) is 0 Å². The van der Waals surface area contributed by atoms with Gasteiger partial charge in [-0.05, 0) is 38.6 Å². The monoisotopic (exact) mass is 197 g/mol. The van der Waals surface area contributed by atoms with Gasteiger partial charge in [-0.1, -0.05) is 33.6 Å². The van der Waals surface area contributed by atoms with Crippen LogP contribution in [0.2, 0.25) is 0 Å². The molecule has 0 N–H and O–H groups in total. The summed E-state index contributed by atoms with van der Waals surface area (Å²) in [5.41, 5.74) is 0. The normalized spacial score (nSPS) is 39.2. The highest BCUT2D eigenvalue weighted by Gasteiger charge is 2.38. The maximum absolute atomic E-state index is 2.71. The van der Waals surface area contributed by atoms with Crippen LogP contribution in [0.3, 0.4) is 0 Å². The van der Waals surface area contributed by atoms with Gasteiger partial charge in [0.15, 0.2) is 0 Å². The number of nitrogens with zero attached hydrogens (tertiary/aromatic N) is 1. The fourth-order valence-corrected chi connectivity index (χ4v) is 2.81. The van der Waals surface area contributed by atoms with Gasteiger partial charge in [-0.15, -0.1) is 0 Å². The van der Waals surface area contributed by atoms with Crippen LogP contribution in [0.1, 0.15) is 53.9 Å². The van der Waals surface area contributed by atoms with Crippen molar-refractivity contribution >= 4 is 0 Å². The smallest absolute Gasteiger partial charge is 0.00986 e. The van der Waals surface area contributed by atoms with Crippen molar-refractivity contribution in [1.82, 2.24) is 4.90 Å². The molecule has 0 aromatic rings. The molecule has 1 heterocycles. The number of likely N-dealkylation sites (tertiary alicyclic amines) is 1. The standard InChI is InChI=1S/C13H27N/c1-6-7-8-9-14-12(4)10(2)11(3)13(14)5/h10-13H,6-9H2,1-5H3. The molecule has 0 radical (unpaired) electrons.